The van der Waals surface area contributed by atoms with E-state index in [2.05, 4.69) is 0 Å². The summed E-state index contributed by atoms with van der Waals surface area (Å²) < 4.78 is 29.2. The van der Waals surface area contributed by atoms with Gasteiger partial charge in [0.05, 0.1) is 18.1 Å². The van der Waals surface area contributed by atoms with Crippen LogP contribution in [-0.2, 0) is 34.5 Å². The van der Waals surface area contributed by atoms with Crippen LogP contribution in [0.15, 0.2) is 65.6 Å². The van der Waals surface area contributed by atoms with Crippen LogP contribution in [0, 0.1) is 13.8 Å². The first-order valence-corrected chi connectivity index (χ1v) is 13.7. The molecule has 0 heterocycles. The van der Waals surface area contributed by atoms with Crippen LogP contribution >= 0.6 is 0 Å². The molecule has 0 bridgehead atoms. The average Bonchev–Trinajstić information content (AvgIpc) is 2.86. The Morgan fingerprint density at radius 2 is 1.62 bits per heavy atom. The molecule has 8 heteroatoms. The summed E-state index contributed by atoms with van der Waals surface area (Å²) >= 11 is 0. The maximum Gasteiger partial charge on any atom is 0.318 e. The van der Waals surface area contributed by atoms with Crippen LogP contribution in [0.4, 0.5) is 0 Å². The highest BCUT2D eigenvalue weighted by Gasteiger charge is 2.50. The van der Waals surface area contributed by atoms with Gasteiger partial charge in [-0.25, -0.2) is 8.42 Å². The molecule has 0 radical (unpaired) electrons. The molecule has 3 aromatic carbocycles. The molecule has 3 aromatic rings. The molecule has 0 aromatic heterocycles. The summed E-state index contributed by atoms with van der Waals surface area (Å²) in [6.45, 7) is 4.44. The fraction of sp³-hybridized carbons (Fsp3) is 0.345. The third-order valence-corrected chi connectivity index (χ3v) is 9.46. The van der Waals surface area contributed by atoms with E-state index in [1.54, 1.807) is 12.1 Å². The van der Waals surface area contributed by atoms with Crippen molar-refractivity contribution < 1.29 is 28.5 Å². The third kappa shape index (κ3) is 5.07. The van der Waals surface area contributed by atoms with Gasteiger partial charge >= 0.3 is 5.97 Å². The molecule has 0 unspecified atom stereocenters. The first-order chi connectivity index (χ1) is 17.5. The molecule has 4 rings (SSSR count). The number of nitrogens with zero attached hydrogens (tertiary/aromatic N) is 1. The van der Waals surface area contributed by atoms with E-state index in [4.69, 9.17) is 0 Å². The molecule has 0 amide bonds. The summed E-state index contributed by atoms with van der Waals surface area (Å²) in [7, 11) is -4.19. The number of hydrogen-bond donors (Lipinski definition) is 3. The van der Waals surface area contributed by atoms with Crippen LogP contribution in [-0.4, -0.2) is 46.1 Å². The Kier molecular flexibility index (Phi) is 7.57. The van der Waals surface area contributed by atoms with Crippen LogP contribution in [0.2, 0.25) is 0 Å². The number of aliphatic hydroxyl groups is 2. The van der Waals surface area contributed by atoms with Gasteiger partial charge in [-0.3, -0.25) is 4.79 Å². The lowest BCUT2D eigenvalue weighted by Crippen LogP contribution is -2.57. The second-order valence-corrected chi connectivity index (χ2v) is 11.9. The van der Waals surface area contributed by atoms with E-state index < -0.39 is 34.0 Å². The number of rotatable bonds is 8. The zero-order chi connectivity index (χ0) is 27.0. The Hall–Kier alpha value is -3.04. The Morgan fingerprint density at radius 1 is 0.973 bits per heavy atom. The number of hydrogen-bond acceptors (Lipinski definition) is 5. The fourth-order valence-electron chi connectivity index (χ4n) is 5.56. The SMILES string of the molecule is Cc1ccc(S(=O)(=O)N(CC(=O)O)[C@]2(C)CCc3cc(CO)c(CO)cc3[C@H]2c2cccc(C)c2)cc1. The predicted octanol–water partition coefficient (Wildman–Crippen LogP) is 3.90. The average molecular weight is 524 g/mol. The van der Waals surface area contributed by atoms with Crippen molar-refractivity contribution in [1.29, 1.82) is 0 Å². The van der Waals surface area contributed by atoms with Gasteiger partial charge in [-0.15, -0.1) is 0 Å². The largest absolute Gasteiger partial charge is 0.480 e. The van der Waals surface area contributed by atoms with Crippen molar-refractivity contribution in [2.24, 2.45) is 0 Å². The van der Waals surface area contributed by atoms with Gasteiger partial charge in [0.2, 0.25) is 10.0 Å². The van der Waals surface area contributed by atoms with Crippen molar-refractivity contribution in [2.45, 2.75) is 63.2 Å². The number of sulfonamides is 1. The van der Waals surface area contributed by atoms with Crippen LogP contribution < -0.4 is 0 Å². The fourth-order valence-corrected chi connectivity index (χ4v) is 7.32. The summed E-state index contributed by atoms with van der Waals surface area (Å²) in [6, 6.07) is 17.9. The Morgan fingerprint density at radius 3 is 2.22 bits per heavy atom. The van der Waals surface area contributed by atoms with Gasteiger partial charge in [0.1, 0.15) is 6.54 Å². The maximum absolute atomic E-state index is 14.1. The standard InChI is InChI=1S/C29H33NO6S/c1-19-7-9-25(10-8-19)37(35,36)30(16-27(33)34)29(3)12-11-21-14-23(17-31)24(18-32)15-26(21)28(29)22-6-4-5-20(2)13-22/h4-10,13-15,28,31-32H,11-12,16-18H2,1-3H3,(H,33,34)/t28-,29-/m1/s1. The van der Waals surface area contributed by atoms with Crippen molar-refractivity contribution in [3.63, 3.8) is 0 Å². The highest BCUT2D eigenvalue weighted by molar-refractivity contribution is 7.89. The molecule has 1 aliphatic rings. The molecule has 7 nitrogen and oxygen atoms in total. The van der Waals surface area contributed by atoms with E-state index >= 15 is 0 Å². The molecule has 0 spiro atoms. The Bertz CT molecular complexity index is 1420. The number of aliphatic hydroxyl groups excluding tert-OH is 2. The zero-order valence-electron chi connectivity index (χ0n) is 21.3. The van der Waals surface area contributed by atoms with Crippen LogP contribution in [0.1, 0.15) is 58.2 Å². The first-order valence-electron chi connectivity index (χ1n) is 12.3. The first kappa shape index (κ1) is 27.0. The quantitative estimate of drug-likeness (QED) is 0.413. The second-order valence-electron chi connectivity index (χ2n) is 10.1. The second kappa shape index (κ2) is 10.4. The minimum Gasteiger partial charge on any atom is -0.480 e. The maximum atomic E-state index is 14.1. The third-order valence-electron chi connectivity index (χ3n) is 7.47. The smallest absolute Gasteiger partial charge is 0.318 e. The highest BCUT2D eigenvalue weighted by atomic mass is 32.2. The number of aliphatic carboxylic acids is 1. The molecular formula is C29H33NO6S. The van der Waals surface area contributed by atoms with Gasteiger partial charge in [-0.1, -0.05) is 59.7 Å². The molecule has 37 heavy (non-hydrogen) atoms. The Labute approximate surface area is 218 Å². The number of carbonyl (C=O) groups is 1. The van der Waals surface area contributed by atoms with Crippen molar-refractivity contribution in [3.8, 4) is 0 Å². The van der Waals surface area contributed by atoms with Crippen molar-refractivity contribution in [3.05, 3.63) is 99.6 Å². The van der Waals surface area contributed by atoms with Gasteiger partial charge in [0, 0.05) is 11.5 Å². The van der Waals surface area contributed by atoms with E-state index in [1.165, 1.54) is 12.1 Å². The monoisotopic (exact) mass is 523 g/mol. The number of carboxylic acids is 1. The van der Waals surface area contributed by atoms with E-state index in [1.807, 2.05) is 57.2 Å². The zero-order valence-corrected chi connectivity index (χ0v) is 22.1. The number of carboxylic acid groups (broad SMARTS) is 1. The van der Waals surface area contributed by atoms with Crippen LogP contribution in [0.3, 0.4) is 0 Å². The lowest BCUT2D eigenvalue weighted by Gasteiger charge is -2.49. The topological polar surface area (TPSA) is 115 Å². The van der Waals surface area contributed by atoms with Crippen LogP contribution in [0.5, 0.6) is 0 Å². The van der Waals surface area contributed by atoms with Gasteiger partial charge in [-0.05, 0) is 73.6 Å². The van der Waals surface area contributed by atoms with Crippen molar-refractivity contribution >= 4 is 16.0 Å². The lowest BCUT2D eigenvalue weighted by molar-refractivity contribution is -0.138. The molecule has 1 aliphatic carbocycles. The van der Waals surface area contributed by atoms with Gasteiger partial charge in [-0.2, -0.15) is 4.31 Å². The van der Waals surface area contributed by atoms with Crippen LogP contribution in [0.25, 0.3) is 0 Å². The molecule has 0 aliphatic heterocycles. The summed E-state index contributed by atoms with van der Waals surface area (Å²) in [6.07, 6.45) is 0.868. The summed E-state index contributed by atoms with van der Waals surface area (Å²) in [5, 5.41) is 29.7. The molecule has 2 atom stereocenters. The van der Waals surface area contributed by atoms with E-state index in [0.717, 1.165) is 32.1 Å². The summed E-state index contributed by atoms with van der Waals surface area (Å²) in [5.41, 5.74) is 4.60. The molecule has 0 saturated heterocycles. The van der Waals surface area contributed by atoms with Crippen molar-refractivity contribution in [1.82, 2.24) is 4.31 Å². The van der Waals surface area contributed by atoms with E-state index in [-0.39, 0.29) is 18.1 Å². The lowest BCUT2D eigenvalue weighted by atomic mass is 9.66. The molecule has 3 N–H and O–H groups in total. The Balaban J connectivity index is 1.99. The van der Waals surface area contributed by atoms with Gasteiger partial charge in [0.25, 0.3) is 0 Å². The summed E-state index contributed by atoms with van der Waals surface area (Å²) in [4.78, 5) is 12.1. The van der Waals surface area contributed by atoms with E-state index in [9.17, 15) is 28.5 Å². The number of fused-ring (bicyclic) bond motifs is 1. The van der Waals surface area contributed by atoms with Gasteiger partial charge < -0.3 is 15.3 Å². The number of benzene rings is 3. The summed E-state index contributed by atoms with van der Waals surface area (Å²) in [5.74, 6) is -1.74. The number of aryl methyl sites for hydroxylation is 3. The van der Waals surface area contributed by atoms with Gasteiger partial charge in [0.15, 0.2) is 0 Å². The molecule has 0 saturated carbocycles. The van der Waals surface area contributed by atoms with Crippen molar-refractivity contribution in [2.75, 3.05) is 6.54 Å². The molecule has 0 fully saturated rings. The predicted molar refractivity (Wildman–Crippen MR) is 141 cm³/mol. The minimum absolute atomic E-state index is 0.0426. The highest BCUT2D eigenvalue weighted by Crippen LogP contribution is 2.49. The normalized spacial score (nSPS) is 19.6. The molecule has 196 valence electrons. The van der Waals surface area contributed by atoms with E-state index in [0.29, 0.717) is 24.0 Å². The minimum atomic E-state index is -4.19. The molecular weight excluding hydrogens is 490 g/mol.